The molecule has 0 unspecified atom stereocenters. The van der Waals surface area contributed by atoms with Crippen LogP contribution in [0.2, 0.25) is 0 Å². The van der Waals surface area contributed by atoms with Crippen LogP contribution in [0.4, 0.5) is 5.69 Å². The molecule has 0 aromatic heterocycles. The van der Waals surface area contributed by atoms with Crippen molar-refractivity contribution in [2.75, 3.05) is 11.9 Å². The molecule has 0 radical (unpaired) electrons. The molecule has 0 spiro atoms. The van der Waals surface area contributed by atoms with E-state index in [-0.39, 0.29) is 5.41 Å². The fraction of sp³-hybridized carbons (Fsp3) is 0.556. The van der Waals surface area contributed by atoms with Gasteiger partial charge in [0.15, 0.2) is 0 Å². The second-order valence-electron chi connectivity index (χ2n) is 5.96. The number of rotatable bonds is 4. The van der Waals surface area contributed by atoms with Gasteiger partial charge in [0.2, 0.25) is 0 Å². The molecule has 104 valence electrons. The zero-order chi connectivity index (χ0) is 14.5. The van der Waals surface area contributed by atoms with Gasteiger partial charge in [0.05, 0.1) is 11.3 Å². The fourth-order valence-corrected chi connectivity index (χ4v) is 2.20. The number of aryl methyl sites for hydroxylation is 1. The lowest BCUT2D eigenvalue weighted by atomic mass is 9.84. The summed E-state index contributed by atoms with van der Waals surface area (Å²) in [6, 6.07) is 4.60. The minimum absolute atomic E-state index is 0.171. The maximum Gasteiger partial charge on any atom is 0.0509 e. The van der Waals surface area contributed by atoms with Crippen molar-refractivity contribution in [3.63, 3.8) is 0 Å². The summed E-state index contributed by atoms with van der Waals surface area (Å²) >= 11 is 0. The molecular weight excluding hydrogens is 230 g/mol. The van der Waals surface area contributed by atoms with E-state index >= 15 is 0 Å². The highest BCUT2D eigenvalue weighted by Crippen LogP contribution is 2.30. The van der Waals surface area contributed by atoms with E-state index < -0.39 is 0 Å². The van der Waals surface area contributed by atoms with Gasteiger partial charge in [-0.2, -0.15) is 0 Å². The van der Waals surface area contributed by atoms with Crippen LogP contribution in [-0.4, -0.2) is 6.54 Å². The average Bonchev–Trinajstić information content (AvgIpc) is 2.32. The molecule has 1 nitrogen and oxygen atoms in total. The smallest absolute Gasteiger partial charge is 0.0509 e. The second-order valence-corrected chi connectivity index (χ2v) is 5.96. The molecule has 0 saturated heterocycles. The lowest BCUT2D eigenvalue weighted by Crippen LogP contribution is -2.14. The third-order valence-corrected chi connectivity index (χ3v) is 3.22. The Morgan fingerprint density at radius 1 is 1.16 bits per heavy atom. The molecule has 0 atom stereocenters. The molecule has 1 aromatic rings. The highest BCUT2D eigenvalue weighted by atomic mass is 14.9. The Hall–Kier alpha value is -1.42. The van der Waals surface area contributed by atoms with Crippen molar-refractivity contribution in [2.45, 2.75) is 59.8 Å². The molecule has 0 aliphatic carbocycles. The van der Waals surface area contributed by atoms with Crippen LogP contribution in [0.5, 0.6) is 0 Å². The van der Waals surface area contributed by atoms with E-state index in [0.29, 0.717) is 0 Å². The van der Waals surface area contributed by atoms with Gasteiger partial charge in [-0.3, -0.25) is 0 Å². The molecule has 0 amide bonds. The van der Waals surface area contributed by atoms with Crippen LogP contribution < -0.4 is 5.32 Å². The van der Waals surface area contributed by atoms with Crippen molar-refractivity contribution in [1.29, 1.82) is 0 Å². The molecular formula is C18H27N. The summed E-state index contributed by atoms with van der Waals surface area (Å²) < 4.78 is 0. The first-order valence-electron chi connectivity index (χ1n) is 7.28. The van der Waals surface area contributed by atoms with Gasteiger partial charge in [-0.25, -0.2) is 0 Å². The van der Waals surface area contributed by atoms with Crippen LogP contribution in [0, 0.1) is 11.8 Å². The summed E-state index contributed by atoms with van der Waals surface area (Å²) in [6.45, 7) is 14.0. The first-order chi connectivity index (χ1) is 8.93. The lowest BCUT2D eigenvalue weighted by molar-refractivity contribution is 0.589. The Morgan fingerprint density at radius 2 is 1.84 bits per heavy atom. The van der Waals surface area contributed by atoms with Crippen molar-refractivity contribution >= 4 is 5.69 Å². The zero-order valence-corrected chi connectivity index (χ0v) is 13.3. The Kier molecular flexibility index (Phi) is 5.48. The first kappa shape index (κ1) is 15.6. The van der Waals surface area contributed by atoms with Crippen molar-refractivity contribution < 1.29 is 0 Å². The van der Waals surface area contributed by atoms with Crippen LogP contribution in [0.15, 0.2) is 12.1 Å². The Balaban J connectivity index is 3.45. The maximum atomic E-state index is 3.47. The first-order valence-corrected chi connectivity index (χ1v) is 7.28. The molecule has 1 heteroatoms. The van der Waals surface area contributed by atoms with Gasteiger partial charge < -0.3 is 5.32 Å². The van der Waals surface area contributed by atoms with Crippen LogP contribution >= 0.6 is 0 Å². The largest absolute Gasteiger partial charge is 0.384 e. The van der Waals surface area contributed by atoms with Gasteiger partial charge in [0, 0.05) is 6.54 Å². The van der Waals surface area contributed by atoms with Gasteiger partial charge in [-0.05, 0) is 42.9 Å². The minimum Gasteiger partial charge on any atom is -0.384 e. The summed E-state index contributed by atoms with van der Waals surface area (Å²) in [5.74, 6) is 6.33. The fourth-order valence-electron chi connectivity index (χ4n) is 2.20. The van der Waals surface area contributed by atoms with Crippen LogP contribution in [-0.2, 0) is 11.8 Å². The Bertz CT molecular complexity index is 454. The van der Waals surface area contributed by atoms with Crippen molar-refractivity contribution in [3.05, 3.63) is 28.8 Å². The van der Waals surface area contributed by atoms with E-state index in [0.717, 1.165) is 19.4 Å². The van der Waals surface area contributed by atoms with E-state index in [1.54, 1.807) is 0 Å². The zero-order valence-electron chi connectivity index (χ0n) is 13.3. The highest BCUT2D eigenvalue weighted by molar-refractivity contribution is 5.64. The van der Waals surface area contributed by atoms with Crippen LogP contribution in [0.1, 0.15) is 64.7 Å². The van der Waals surface area contributed by atoms with Crippen LogP contribution in [0.25, 0.3) is 0 Å². The van der Waals surface area contributed by atoms with E-state index in [1.807, 2.05) is 6.92 Å². The van der Waals surface area contributed by atoms with Crippen LogP contribution in [0.3, 0.4) is 0 Å². The summed E-state index contributed by atoms with van der Waals surface area (Å²) in [5, 5.41) is 3.47. The summed E-state index contributed by atoms with van der Waals surface area (Å²) in [7, 11) is 0. The van der Waals surface area contributed by atoms with E-state index in [4.69, 9.17) is 0 Å². The highest BCUT2D eigenvalue weighted by Gasteiger charge is 2.17. The number of benzene rings is 1. The predicted molar refractivity (Wildman–Crippen MR) is 85.9 cm³/mol. The Morgan fingerprint density at radius 3 is 2.32 bits per heavy atom. The summed E-state index contributed by atoms with van der Waals surface area (Å²) in [5.41, 5.74) is 5.30. The van der Waals surface area contributed by atoms with E-state index in [2.05, 4.69) is 63.9 Å². The molecule has 0 bridgehead atoms. The van der Waals surface area contributed by atoms with Crippen molar-refractivity contribution in [1.82, 2.24) is 0 Å². The molecule has 19 heavy (non-hydrogen) atoms. The maximum absolute atomic E-state index is 3.47. The topological polar surface area (TPSA) is 12.0 Å². The average molecular weight is 257 g/mol. The lowest BCUT2D eigenvalue weighted by Gasteiger charge is -2.23. The molecule has 0 saturated carbocycles. The third-order valence-electron chi connectivity index (χ3n) is 3.22. The third kappa shape index (κ3) is 4.03. The number of hydrogen-bond acceptors (Lipinski definition) is 1. The van der Waals surface area contributed by atoms with E-state index in [9.17, 15) is 0 Å². The minimum atomic E-state index is 0.171. The molecule has 1 N–H and O–H groups in total. The molecule has 1 rings (SSSR count). The predicted octanol–water partition coefficient (Wildman–Crippen LogP) is 4.74. The number of hydrogen-bond donors (Lipinski definition) is 1. The van der Waals surface area contributed by atoms with Crippen molar-refractivity contribution in [3.8, 4) is 11.8 Å². The van der Waals surface area contributed by atoms with Gasteiger partial charge in [0.25, 0.3) is 0 Å². The number of nitrogens with one attached hydrogen (secondary N) is 1. The van der Waals surface area contributed by atoms with Gasteiger partial charge in [0.1, 0.15) is 0 Å². The molecule has 0 aliphatic heterocycles. The normalized spacial score (nSPS) is 10.8. The molecule has 1 aromatic carbocycles. The van der Waals surface area contributed by atoms with Gasteiger partial charge in [-0.1, -0.05) is 46.1 Å². The molecule has 0 fully saturated rings. The van der Waals surface area contributed by atoms with Gasteiger partial charge >= 0.3 is 0 Å². The quantitative estimate of drug-likeness (QED) is 0.768. The Labute approximate surface area is 118 Å². The summed E-state index contributed by atoms with van der Waals surface area (Å²) in [4.78, 5) is 0. The second kappa shape index (κ2) is 6.66. The SMILES string of the molecule is CC#Cc1c(CCC)cc(C(C)(C)C)cc1NCC. The van der Waals surface area contributed by atoms with E-state index in [1.165, 1.54) is 22.4 Å². The van der Waals surface area contributed by atoms with Crippen molar-refractivity contribution in [2.24, 2.45) is 0 Å². The molecule has 0 heterocycles. The standard InChI is InChI=1S/C18H27N/c1-7-10-14-12-15(18(4,5)6)13-17(19-9-3)16(14)11-8-2/h12-13,19H,7,9-10H2,1-6H3. The van der Waals surface area contributed by atoms with Gasteiger partial charge in [-0.15, -0.1) is 5.92 Å². The summed E-state index contributed by atoms with van der Waals surface area (Å²) in [6.07, 6.45) is 2.24. The number of anilines is 1. The molecule has 0 aliphatic rings. The monoisotopic (exact) mass is 257 g/mol.